The summed E-state index contributed by atoms with van der Waals surface area (Å²) in [6.45, 7) is 3.80. The van der Waals surface area contributed by atoms with Crippen LogP contribution in [0.5, 0.6) is 0 Å². The van der Waals surface area contributed by atoms with Crippen LogP contribution in [0, 0.1) is 0 Å². The third-order valence-corrected chi connectivity index (χ3v) is 9.67. The molecule has 3 saturated heterocycles. The van der Waals surface area contributed by atoms with Gasteiger partial charge in [-0.15, -0.1) is 0 Å². The molecule has 0 aromatic heterocycles. The first-order valence-corrected chi connectivity index (χ1v) is 17.6. The Labute approximate surface area is 322 Å². The van der Waals surface area contributed by atoms with Crippen molar-refractivity contribution in [1.29, 1.82) is 0 Å². The molecule has 320 valence electrons. The topological polar surface area (TPSA) is 226 Å². The predicted molar refractivity (Wildman–Crippen MR) is 186 cm³/mol. The highest BCUT2D eigenvalue weighted by molar-refractivity contribution is 5.74. The molecular weight excluding hydrogens is 738 g/mol. The fourth-order valence-electron chi connectivity index (χ4n) is 7.50. The van der Waals surface area contributed by atoms with Crippen molar-refractivity contribution in [1.82, 2.24) is 16.0 Å². The molecule has 55 heavy (non-hydrogen) atoms. The van der Waals surface area contributed by atoms with Crippen molar-refractivity contribution in [2.24, 2.45) is 0 Å². The van der Waals surface area contributed by atoms with E-state index in [4.69, 9.17) is 71.1 Å². The van der Waals surface area contributed by atoms with Crippen molar-refractivity contribution in [3.63, 3.8) is 0 Å². The van der Waals surface area contributed by atoms with Crippen LogP contribution in [0.25, 0.3) is 0 Å². The van der Waals surface area contributed by atoms with Crippen LogP contribution in [0.15, 0.2) is 0 Å². The number of carbonyl (C=O) groups is 3. The molecule has 0 saturated carbocycles. The summed E-state index contributed by atoms with van der Waals surface area (Å²) in [6.07, 6.45) is -9.95. The number of carbonyl (C=O) groups excluding carboxylic acids is 3. The van der Waals surface area contributed by atoms with Gasteiger partial charge in [-0.1, -0.05) is 0 Å². The minimum atomic E-state index is -2.18. The quantitative estimate of drug-likeness (QED) is 0.114. The maximum atomic E-state index is 13.1. The van der Waals surface area contributed by atoms with Gasteiger partial charge in [0.25, 0.3) is 0 Å². The van der Waals surface area contributed by atoms with Gasteiger partial charge in [-0.25, -0.2) is 0 Å². The lowest BCUT2D eigenvalue weighted by Crippen LogP contribution is -2.77. The van der Waals surface area contributed by atoms with Crippen LogP contribution >= 0.6 is 0 Å². The van der Waals surface area contributed by atoms with E-state index in [1.54, 1.807) is 0 Å². The first kappa shape index (κ1) is 47.2. The molecule has 3 fully saturated rings. The average molecular weight is 800 g/mol. The molecule has 21 nitrogen and oxygen atoms in total. The number of rotatable bonds is 20. The summed E-state index contributed by atoms with van der Waals surface area (Å²) in [5.74, 6) is -5.81. The molecule has 15 atom stereocenters. The number of nitrogens with one attached hydrogen (secondary N) is 3. The smallest absolute Gasteiger partial charge is 0.309 e. The van der Waals surface area contributed by atoms with Gasteiger partial charge >= 0.3 is 11.9 Å². The second-order valence-corrected chi connectivity index (χ2v) is 13.1. The number of hydrogen-bond donors (Lipinski definition) is 3. The molecule has 3 rings (SSSR count). The molecule has 0 aromatic rings. The van der Waals surface area contributed by atoms with Crippen molar-refractivity contribution in [3.05, 3.63) is 0 Å². The zero-order valence-electron chi connectivity index (χ0n) is 34.0. The maximum Gasteiger partial charge on any atom is 0.309 e. The molecule has 0 spiro atoms. The Morgan fingerprint density at radius 2 is 0.855 bits per heavy atom. The molecule has 3 amide bonds. The molecule has 0 bridgehead atoms. The second-order valence-electron chi connectivity index (χ2n) is 13.1. The van der Waals surface area contributed by atoms with Crippen LogP contribution in [0.3, 0.4) is 0 Å². The van der Waals surface area contributed by atoms with Gasteiger partial charge in [0.1, 0.15) is 73.1 Å². The average Bonchev–Trinajstić information content (AvgIpc) is 3.14. The minimum absolute atomic E-state index is 0.00170. The Kier molecular flexibility index (Phi) is 18.5. The van der Waals surface area contributed by atoms with Gasteiger partial charge < -0.3 is 82.3 Å². The van der Waals surface area contributed by atoms with E-state index in [0.717, 1.165) is 0 Å². The zero-order chi connectivity index (χ0) is 41.1. The lowest BCUT2D eigenvalue weighted by Gasteiger charge is -2.55. The maximum absolute atomic E-state index is 13.1. The Bertz CT molecular complexity index is 1220. The molecule has 0 aromatic carbocycles. The molecular formula is C34H61N3O18. The SMILES string of the molecule is COC[C@H]1O[C@](OC)(O[C@H]2O[C@H](COC)[C@@H](OC)[C@H](O[C@@]3(OC)O[C@H](COC)[C@H](OC)[C@H](OC)[C@H]3NC(C)=O)[C@@H]2NC(C)=O)[C@H](NC(C)=O)[C@@H](OC)[C@H]1OC. The van der Waals surface area contributed by atoms with Gasteiger partial charge in [-0.2, -0.15) is 0 Å². The number of amides is 3. The lowest BCUT2D eigenvalue weighted by molar-refractivity contribution is -0.485. The van der Waals surface area contributed by atoms with Gasteiger partial charge in [-0.05, 0) is 0 Å². The molecule has 3 aliphatic rings. The Hall–Kier alpha value is -2.19. The Morgan fingerprint density at radius 3 is 1.20 bits per heavy atom. The molecule has 0 radical (unpaired) electrons. The number of methoxy groups -OCH3 is 10. The molecule has 3 heterocycles. The van der Waals surface area contributed by atoms with E-state index in [0.29, 0.717) is 0 Å². The van der Waals surface area contributed by atoms with Crippen LogP contribution in [-0.4, -0.2) is 200 Å². The fourth-order valence-corrected chi connectivity index (χ4v) is 7.50. The molecule has 21 heteroatoms. The molecule has 0 aliphatic carbocycles. The Morgan fingerprint density at radius 1 is 0.491 bits per heavy atom. The largest absolute Gasteiger partial charge is 0.382 e. The number of hydrogen-bond acceptors (Lipinski definition) is 18. The summed E-state index contributed by atoms with van der Waals surface area (Å²) in [5.41, 5.74) is 0. The van der Waals surface area contributed by atoms with Crippen LogP contribution < -0.4 is 16.0 Å². The lowest BCUT2D eigenvalue weighted by atomic mass is 9.92. The van der Waals surface area contributed by atoms with Crippen molar-refractivity contribution >= 4 is 17.7 Å². The first-order valence-electron chi connectivity index (χ1n) is 17.6. The third kappa shape index (κ3) is 10.5. The van der Waals surface area contributed by atoms with Crippen LogP contribution in [0.1, 0.15) is 20.8 Å². The van der Waals surface area contributed by atoms with E-state index in [1.807, 2.05) is 0 Å². The van der Waals surface area contributed by atoms with Gasteiger partial charge in [0, 0.05) is 91.9 Å². The fraction of sp³-hybridized carbons (Fsp3) is 0.912. The highest BCUT2D eigenvalue weighted by Gasteiger charge is 2.64. The monoisotopic (exact) mass is 799 g/mol. The minimum Gasteiger partial charge on any atom is -0.382 e. The van der Waals surface area contributed by atoms with E-state index in [2.05, 4.69) is 16.0 Å². The normalized spacial score (nSPS) is 39.3. The summed E-state index contributed by atoms with van der Waals surface area (Å²) in [6, 6.07) is -3.67. The van der Waals surface area contributed by atoms with Gasteiger partial charge in [0.05, 0.1) is 19.8 Å². The van der Waals surface area contributed by atoms with Crippen molar-refractivity contribution < 1.29 is 85.4 Å². The molecule has 3 N–H and O–H groups in total. The van der Waals surface area contributed by atoms with E-state index in [-0.39, 0.29) is 19.8 Å². The zero-order valence-corrected chi connectivity index (χ0v) is 34.0. The predicted octanol–water partition coefficient (Wildman–Crippen LogP) is -1.96. The summed E-state index contributed by atoms with van der Waals surface area (Å²) < 4.78 is 90.8. The van der Waals surface area contributed by atoms with Crippen molar-refractivity contribution in [3.8, 4) is 0 Å². The van der Waals surface area contributed by atoms with E-state index >= 15 is 0 Å². The van der Waals surface area contributed by atoms with Gasteiger partial charge in [0.2, 0.25) is 17.7 Å². The summed E-state index contributed by atoms with van der Waals surface area (Å²) >= 11 is 0. The molecule has 0 unspecified atom stereocenters. The summed E-state index contributed by atoms with van der Waals surface area (Å²) in [4.78, 5) is 38.5. The van der Waals surface area contributed by atoms with E-state index < -0.39 is 109 Å². The highest BCUT2D eigenvalue weighted by atomic mass is 16.9. The summed E-state index contributed by atoms with van der Waals surface area (Å²) in [5, 5.41) is 8.48. The Balaban J connectivity index is 2.27. The second kappa shape index (κ2) is 21.5. The first-order chi connectivity index (χ1) is 26.2. The van der Waals surface area contributed by atoms with Gasteiger partial charge in [0.15, 0.2) is 6.29 Å². The van der Waals surface area contributed by atoms with E-state index in [9.17, 15) is 14.4 Å². The van der Waals surface area contributed by atoms with Crippen molar-refractivity contribution in [2.75, 3.05) is 90.9 Å². The van der Waals surface area contributed by atoms with Gasteiger partial charge in [-0.3, -0.25) is 19.1 Å². The highest BCUT2D eigenvalue weighted by Crippen LogP contribution is 2.42. The summed E-state index contributed by atoms with van der Waals surface area (Å²) in [7, 11) is 14.2. The van der Waals surface area contributed by atoms with E-state index in [1.165, 1.54) is 91.9 Å². The molecule has 3 aliphatic heterocycles. The standard InChI is InChI=1S/C34H61N3O18/c1-17(38)35-23-27(54-33(49-12)30(36-18(2)39)28(47-10)25(45-8)21(52-33)15-42-5)24(44-7)20(14-41-4)51-32(23)55-34(50-13)31(37-19(3)40)29(48-11)26(46-9)22(53-34)16-43-6/h20-32H,14-16H2,1-13H3,(H,35,38)(H,36,39)(H,37,40)/t20-,21-,22-,23+,24-,25+,26+,27-,28+,29+,30-,31-,32-,33+,34+/m1/s1. The van der Waals surface area contributed by atoms with Crippen molar-refractivity contribution in [2.45, 2.75) is 112 Å². The van der Waals surface area contributed by atoms with Crippen LogP contribution in [0.4, 0.5) is 0 Å². The van der Waals surface area contributed by atoms with Crippen LogP contribution in [0.2, 0.25) is 0 Å². The number of ether oxygens (including phenoxy) is 15. The third-order valence-electron chi connectivity index (χ3n) is 9.67. The van der Waals surface area contributed by atoms with Crippen LogP contribution in [-0.2, 0) is 85.4 Å².